The van der Waals surface area contributed by atoms with Crippen molar-refractivity contribution >= 4 is 23.1 Å². The first-order valence-electron chi connectivity index (χ1n) is 12.7. The molecule has 0 spiro atoms. The Morgan fingerprint density at radius 3 is 2.58 bits per heavy atom. The smallest absolute Gasteiger partial charge is 0.296 e. The van der Waals surface area contributed by atoms with Gasteiger partial charge in [0.05, 0.1) is 17.4 Å². The number of aromatic nitrogens is 2. The number of amides is 3. The van der Waals surface area contributed by atoms with Crippen LogP contribution in [0.5, 0.6) is 0 Å². The zero-order valence-corrected chi connectivity index (χ0v) is 19.3. The van der Waals surface area contributed by atoms with Crippen LogP contribution in [0.2, 0.25) is 0 Å². The maximum atomic E-state index is 12.3. The van der Waals surface area contributed by atoms with Gasteiger partial charge < -0.3 is 0 Å². The molecule has 3 amide bonds. The maximum absolute atomic E-state index is 12.3. The minimum absolute atomic E-state index is 0.217. The molecular formula is C25H34N6O2. The van der Waals surface area contributed by atoms with E-state index in [1.54, 1.807) is 11.1 Å². The van der Waals surface area contributed by atoms with Crippen molar-refractivity contribution in [1.82, 2.24) is 24.7 Å². The van der Waals surface area contributed by atoms with Crippen molar-refractivity contribution in [3.05, 3.63) is 30.1 Å². The molecule has 0 aromatic carbocycles. The average molecular weight is 451 g/mol. The van der Waals surface area contributed by atoms with Gasteiger partial charge in [0.2, 0.25) is 5.91 Å². The summed E-state index contributed by atoms with van der Waals surface area (Å²) in [6, 6.07) is 5.34. The summed E-state index contributed by atoms with van der Waals surface area (Å²) in [7, 11) is 0. The fraction of sp³-hybridized carbons (Fsp3) is 0.640. The summed E-state index contributed by atoms with van der Waals surface area (Å²) >= 11 is 0. The molecule has 5 heterocycles. The first kappa shape index (κ1) is 21.1. The van der Waals surface area contributed by atoms with E-state index in [0.29, 0.717) is 25.0 Å². The van der Waals surface area contributed by atoms with Gasteiger partial charge in [-0.3, -0.25) is 24.8 Å². The average Bonchev–Trinajstić information content (AvgIpc) is 3.31. The van der Waals surface area contributed by atoms with Crippen LogP contribution >= 0.6 is 0 Å². The summed E-state index contributed by atoms with van der Waals surface area (Å²) in [5, 5.41) is 6.84. The van der Waals surface area contributed by atoms with Gasteiger partial charge in [0.25, 0.3) is 0 Å². The minimum Gasteiger partial charge on any atom is -0.296 e. The van der Waals surface area contributed by atoms with Gasteiger partial charge in [0.1, 0.15) is 0 Å². The second-order valence-corrected chi connectivity index (χ2v) is 10.4. The van der Waals surface area contributed by atoms with E-state index in [1.807, 2.05) is 10.7 Å². The molecule has 4 aliphatic rings. The number of hydrogen-bond acceptors (Lipinski definition) is 5. The Morgan fingerprint density at radius 1 is 1.03 bits per heavy atom. The van der Waals surface area contributed by atoms with Crippen molar-refractivity contribution in [3.8, 4) is 0 Å². The standard InChI is InChI=1S/C25H34N6O2/c32-24-9-10-29(25(33)27-24)23-13-26-31-11-8-19(12-22(23)31)14-28-16-20-6-7-21(17-28)30(20)15-18-4-2-1-3-5-18/h8,11-13,18,20-21H,1-7,9-10,14-17H2,(H,27,32,33)/t20-,21+. The summed E-state index contributed by atoms with van der Waals surface area (Å²) in [5.74, 6) is 0.698. The van der Waals surface area contributed by atoms with Crippen LogP contribution in [-0.2, 0) is 11.3 Å². The van der Waals surface area contributed by atoms with Crippen LogP contribution in [0.15, 0.2) is 24.5 Å². The number of nitrogens with one attached hydrogen (secondary N) is 1. The van der Waals surface area contributed by atoms with Crippen LogP contribution in [0.25, 0.3) is 5.52 Å². The van der Waals surface area contributed by atoms with Crippen LogP contribution in [-0.4, -0.2) is 69.6 Å². The number of imide groups is 1. The van der Waals surface area contributed by atoms with Crippen molar-refractivity contribution in [2.45, 2.75) is 70.0 Å². The zero-order valence-electron chi connectivity index (χ0n) is 19.3. The van der Waals surface area contributed by atoms with E-state index in [9.17, 15) is 9.59 Å². The monoisotopic (exact) mass is 450 g/mol. The van der Waals surface area contributed by atoms with Crippen LogP contribution in [0.3, 0.4) is 0 Å². The molecule has 8 heteroatoms. The number of urea groups is 1. The molecule has 6 rings (SSSR count). The third kappa shape index (κ3) is 4.15. The van der Waals surface area contributed by atoms with E-state index in [0.717, 1.165) is 36.8 Å². The van der Waals surface area contributed by atoms with Crippen LogP contribution < -0.4 is 10.2 Å². The van der Waals surface area contributed by atoms with Gasteiger partial charge in [-0.25, -0.2) is 9.31 Å². The number of carbonyl (C=O) groups excluding carboxylic acids is 2. The van der Waals surface area contributed by atoms with Crippen molar-refractivity contribution in [2.24, 2.45) is 5.92 Å². The van der Waals surface area contributed by atoms with Crippen molar-refractivity contribution < 1.29 is 9.59 Å². The predicted molar refractivity (Wildman–Crippen MR) is 126 cm³/mol. The number of pyridine rings is 1. The molecule has 3 saturated heterocycles. The molecule has 1 N–H and O–H groups in total. The maximum Gasteiger partial charge on any atom is 0.328 e. The first-order chi connectivity index (χ1) is 16.1. The Hall–Kier alpha value is -2.45. The lowest BCUT2D eigenvalue weighted by Gasteiger charge is -2.43. The molecule has 1 saturated carbocycles. The lowest BCUT2D eigenvalue weighted by molar-refractivity contribution is -0.120. The topological polar surface area (TPSA) is 73.2 Å². The molecule has 2 aromatic heterocycles. The molecular weight excluding hydrogens is 416 g/mol. The summed E-state index contributed by atoms with van der Waals surface area (Å²) in [6.07, 6.45) is 13.8. The molecule has 33 heavy (non-hydrogen) atoms. The highest BCUT2D eigenvalue weighted by Gasteiger charge is 2.40. The van der Waals surface area contributed by atoms with Crippen LogP contribution in [0.4, 0.5) is 10.5 Å². The van der Waals surface area contributed by atoms with Crippen molar-refractivity contribution in [2.75, 3.05) is 31.1 Å². The molecule has 2 atom stereocenters. The second kappa shape index (κ2) is 8.72. The van der Waals surface area contributed by atoms with Crippen molar-refractivity contribution in [3.63, 3.8) is 0 Å². The molecule has 4 fully saturated rings. The first-order valence-corrected chi connectivity index (χ1v) is 12.7. The highest BCUT2D eigenvalue weighted by atomic mass is 16.2. The van der Waals surface area contributed by atoms with E-state index in [1.165, 1.54) is 57.1 Å². The van der Waals surface area contributed by atoms with E-state index >= 15 is 0 Å². The quantitative estimate of drug-likeness (QED) is 0.758. The van der Waals surface area contributed by atoms with Crippen LogP contribution in [0, 0.1) is 5.92 Å². The summed E-state index contributed by atoms with van der Waals surface area (Å²) in [5.41, 5.74) is 2.92. The predicted octanol–water partition coefficient (Wildman–Crippen LogP) is 3.01. The van der Waals surface area contributed by atoms with Gasteiger partial charge in [-0.2, -0.15) is 5.10 Å². The lowest BCUT2D eigenvalue weighted by Crippen LogP contribution is -2.54. The molecule has 3 aliphatic heterocycles. The number of hydrogen-bond donors (Lipinski definition) is 1. The Labute approximate surface area is 194 Å². The fourth-order valence-electron chi connectivity index (χ4n) is 6.54. The summed E-state index contributed by atoms with van der Waals surface area (Å²) in [6.45, 7) is 4.93. The highest BCUT2D eigenvalue weighted by molar-refractivity contribution is 6.07. The summed E-state index contributed by atoms with van der Waals surface area (Å²) < 4.78 is 1.81. The molecule has 8 nitrogen and oxygen atoms in total. The summed E-state index contributed by atoms with van der Waals surface area (Å²) in [4.78, 5) is 31.0. The van der Waals surface area contributed by atoms with Gasteiger partial charge >= 0.3 is 6.03 Å². The number of anilines is 1. The zero-order chi connectivity index (χ0) is 22.4. The number of fused-ring (bicyclic) bond motifs is 3. The molecule has 1 aliphatic carbocycles. The fourth-order valence-corrected chi connectivity index (χ4v) is 6.54. The Morgan fingerprint density at radius 2 is 1.82 bits per heavy atom. The molecule has 0 radical (unpaired) electrons. The molecule has 176 valence electrons. The Balaban J connectivity index is 1.14. The third-order valence-corrected chi connectivity index (χ3v) is 8.22. The van der Waals surface area contributed by atoms with Gasteiger partial charge in [-0.15, -0.1) is 0 Å². The van der Waals surface area contributed by atoms with Gasteiger partial charge in [0, 0.05) is 57.4 Å². The molecule has 0 unspecified atom stereocenters. The van der Waals surface area contributed by atoms with Gasteiger partial charge in [0.15, 0.2) is 0 Å². The number of carbonyl (C=O) groups is 2. The second-order valence-electron chi connectivity index (χ2n) is 10.4. The van der Waals surface area contributed by atoms with Crippen LogP contribution in [0.1, 0.15) is 56.9 Å². The number of piperazine rings is 1. The third-order valence-electron chi connectivity index (χ3n) is 8.22. The SMILES string of the molecule is O=C1CCN(c2cnn3ccc(CN4C[C@H]5CC[C@@H](C4)N5CC4CCCCC4)cc23)C(=O)N1. The number of nitrogens with zero attached hydrogens (tertiary/aromatic N) is 5. The van der Waals surface area contributed by atoms with E-state index < -0.39 is 0 Å². The number of likely N-dealkylation sites (tertiary alicyclic amines) is 1. The van der Waals surface area contributed by atoms with E-state index in [-0.39, 0.29) is 11.9 Å². The van der Waals surface area contributed by atoms with E-state index in [4.69, 9.17) is 0 Å². The minimum atomic E-state index is -0.364. The highest BCUT2D eigenvalue weighted by Crippen LogP contribution is 2.34. The molecule has 2 aromatic rings. The Bertz CT molecular complexity index is 1030. The van der Waals surface area contributed by atoms with Crippen molar-refractivity contribution in [1.29, 1.82) is 0 Å². The van der Waals surface area contributed by atoms with Gasteiger partial charge in [-0.1, -0.05) is 19.3 Å². The molecule has 2 bridgehead atoms. The van der Waals surface area contributed by atoms with Gasteiger partial charge in [-0.05, 0) is 49.3 Å². The normalized spacial score (nSPS) is 27.5. The largest absolute Gasteiger partial charge is 0.328 e. The van der Waals surface area contributed by atoms with E-state index in [2.05, 4.69) is 32.3 Å². The Kier molecular flexibility index (Phi) is 5.58. The lowest BCUT2D eigenvalue weighted by atomic mass is 9.88. The number of rotatable bonds is 5.